The zero-order valence-electron chi connectivity index (χ0n) is 15.7. The molecule has 27 heavy (non-hydrogen) atoms. The SMILES string of the molecule is CC[C@@H](Oc1ccc(N(C)S(C)(=O)=O)cc1)C(=O)Nc1cccc(Cl)c1C. The number of carbonyl (C=O) groups excluding carboxylic acids is 1. The van der Waals surface area contributed by atoms with Crippen molar-refractivity contribution in [1.29, 1.82) is 0 Å². The van der Waals surface area contributed by atoms with Gasteiger partial charge in [0.15, 0.2) is 6.10 Å². The lowest BCUT2D eigenvalue weighted by Crippen LogP contribution is -2.32. The van der Waals surface area contributed by atoms with Crippen molar-refractivity contribution < 1.29 is 17.9 Å². The van der Waals surface area contributed by atoms with Crippen LogP contribution in [0.2, 0.25) is 5.02 Å². The van der Waals surface area contributed by atoms with Gasteiger partial charge < -0.3 is 10.1 Å². The van der Waals surface area contributed by atoms with E-state index in [9.17, 15) is 13.2 Å². The Kier molecular flexibility index (Phi) is 6.73. The topological polar surface area (TPSA) is 75.7 Å². The van der Waals surface area contributed by atoms with Crippen LogP contribution in [-0.4, -0.2) is 33.7 Å². The molecule has 1 N–H and O–H groups in total. The molecule has 0 spiro atoms. The minimum atomic E-state index is -3.33. The van der Waals surface area contributed by atoms with Gasteiger partial charge in [-0.1, -0.05) is 24.6 Å². The summed E-state index contributed by atoms with van der Waals surface area (Å²) in [5, 5.41) is 3.41. The largest absolute Gasteiger partial charge is 0.481 e. The van der Waals surface area contributed by atoms with Crippen molar-refractivity contribution in [2.24, 2.45) is 0 Å². The molecule has 0 unspecified atom stereocenters. The van der Waals surface area contributed by atoms with E-state index < -0.39 is 16.1 Å². The standard InChI is InChI=1S/C19H23ClN2O4S/c1-5-18(19(23)21-17-8-6-7-16(20)13(17)2)26-15-11-9-14(10-12-15)22(3)27(4,24)25/h6-12,18H,5H2,1-4H3,(H,21,23)/t18-/m1/s1. The molecule has 6 nitrogen and oxygen atoms in total. The van der Waals surface area contributed by atoms with E-state index in [0.717, 1.165) is 11.8 Å². The van der Waals surface area contributed by atoms with E-state index in [1.165, 1.54) is 11.4 Å². The van der Waals surface area contributed by atoms with Crippen molar-refractivity contribution in [1.82, 2.24) is 0 Å². The first-order chi connectivity index (χ1) is 12.6. The summed E-state index contributed by atoms with van der Waals surface area (Å²) in [6.45, 7) is 3.68. The highest BCUT2D eigenvalue weighted by molar-refractivity contribution is 7.92. The van der Waals surface area contributed by atoms with E-state index >= 15 is 0 Å². The van der Waals surface area contributed by atoms with Crippen molar-refractivity contribution in [2.75, 3.05) is 22.9 Å². The Bertz CT molecular complexity index is 914. The number of hydrogen-bond acceptors (Lipinski definition) is 4. The number of benzene rings is 2. The smallest absolute Gasteiger partial charge is 0.265 e. The van der Waals surface area contributed by atoms with Gasteiger partial charge in [-0.2, -0.15) is 0 Å². The number of rotatable bonds is 7. The van der Waals surface area contributed by atoms with Crippen LogP contribution in [0.15, 0.2) is 42.5 Å². The highest BCUT2D eigenvalue weighted by Gasteiger charge is 2.20. The quantitative estimate of drug-likeness (QED) is 0.752. The van der Waals surface area contributed by atoms with Gasteiger partial charge in [0, 0.05) is 17.8 Å². The first kappa shape index (κ1) is 21.1. The lowest BCUT2D eigenvalue weighted by atomic mass is 10.2. The van der Waals surface area contributed by atoms with E-state index in [2.05, 4.69) is 5.32 Å². The predicted molar refractivity (Wildman–Crippen MR) is 109 cm³/mol. The molecule has 0 saturated heterocycles. The Morgan fingerprint density at radius 3 is 2.41 bits per heavy atom. The van der Waals surface area contributed by atoms with Gasteiger partial charge in [0.05, 0.1) is 11.9 Å². The summed E-state index contributed by atoms with van der Waals surface area (Å²) in [6, 6.07) is 11.8. The van der Waals surface area contributed by atoms with Gasteiger partial charge in [0.1, 0.15) is 5.75 Å². The minimum Gasteiger partial charge on any atom is -0.481 e. The third-order valence-electron chi connectivity index (χ3n) is 4.16. The maximum Gasteiger partial charge on any atom is 0.265 e. The van der Waals surface area contributed by atoms with Gasteiger partial charge >= 0.3 is 0 Å². The van der Waals surface area contributed by atoms with Gasteiger partial charge in [0.25, 0.3) is 5.91 Å². The summed E-state index contributed by atoms with van der Waals surface area (Å²) in [4.78, 5) is 12.6. The van der Waals surface area contributed by atoms with Gasteiger partial charge in [-0.25, -0.2) is 8.42 Å². The molecule has 0 bridgehead atoms. The Morgan fingerprint density at radius 2 is 1.85 bits per heavy atom. The van der Waals surface area contributed by atoms with E-state index in [4.69, 9.17) is 16.3 Å². The number of carbonyl (C=O) groups is 1. The van der Waals surface area contributed by atoms with E-state index in [-0.39, 0.29) is 5.91 Å². The second-order valence-corrected chi connectivity index (χ2v) is 8.56. The normalized spacial score (nSPS) is 12.3. The van der Waals surface area contributed by atoms with Gasteiger partial charge in [-0.3, -0.25) is 9.10 Å². The summed E-state index contributed by atoms with van der Waals surface area (Å²) in [5.41, 5.74) is 1.94. The Labute approximate surface area is 165 Å². The molecule has 0 aliphatic heterocycles. The maximum atomic E-state index is 12.6. The number of halogens is 1. The van der Waals surface area contributed by atoms with E-state index in [1.807, 2.05) is 13.8 Å². The predicted octanol–water partition coefficient (Wildman–Crippen LogP) is 3.84. The van der Waals surface area contributed by atoms with Gasteiger partial charge in [-0.15, -0.1) is 0 Å². The first-order valence-electron chi connectivity index (χ1n) is 8.40. The minimum absolute atomic E-state index is 0.278. The van der Waals surface area contributed by atoms with Crippen LogP contribution in [-0.2, 0) is 14.8 Å². The van der Waals surface area contributed by atoms with Crippen LogP contribution in [0.1, 0.15) is 18.9 Å². The number of nitrogens with one attached hydrogen (secondary N) is 1. The van der Waals surface area contributed by atoms with Gasteiger partial charge in [0.2, 0.25) is 10.0 Å². The van der Waals surface area contributed by atoms with Crippen LogP contribution >= 0.6 is 11.6 Å². The fraction of sp³-hybridized carbons (Fsp3) is 0.316. The van der Waals surface area contributed by atoms with Crippen molar-refractivity contribution in [3.05, 3.63) is 53.1 Å². The number of hydrogen-bond donors (Lipinski definition) is 1. The van der Waals surface area contributed by atoms with E-state index in [0.29, 0.717) is 28.6 Å². The number of ether oxygens (including phenoxy) is 1. The van der Waals surface area contributed by atoms with Crippen LogP contribution in [0.5, 0.6) is 5.75 Å². The molecule has 0 saturated carbocycles. The summed E-state index contributed by atoms with van der Waals surface area (Å²) in [7, 11) is -1.86. The van der Waals surface area contributed by atoms with Crippen molar-refractivity contribution in [3.8, 4) is 5.75 Å². The molecule has 0 heterocycles. The first-order valence-corrected chi connectivity index (χ1v) is 10.6. The number of sulfonamides is 1. The van der Waals surface area contributed by atoms with Gasteiger partial charge in [-0.05, 0) is 55.3 Å². The molecule has 1 amide bonds. The molecule has 2 rings (SSSR count). The molecule has 146 valence electrons. The zero-order valence-corrected chi connectivity index (χ0v) is 17.3. The summed E-state index contributed by atoms with van der Waals surface area (Å²) < 4.78 is 30.1. The summed E-state index contributed by atoms with van der Waals surface area (Å²) >= 11 is 6.08. The third-order valence-corrected chi connectivity index (χ3v) is 5.78. The van der Waals surface area contributed by atoms with Crippen LogP contribution in [0.25, 0.3) is 0 Å². The maximum absolute atomic E-state index is 12.6. The van der Waals surface area contributed by atoms with Crippen LogP contribution < -0.4 is 14.4 Å². The molecule has 8 heteroatoms. The number of anilines is 2. The molecule has 2 aromatic carbocycles. The molecule has 2 aromatic rings. The highest BCUT2D eigenvalue weighted by atomic mass is 35.5. The lowest BCUT2D eigenvalue weighted by Gasteiger charge is -2.20. The molecular formula is C19H23ClN2O4S. The Hall–Kier alpha value is -2.25. The Morgan fingerprint density at radius 1 is 1.22 bits per heavy atom. The van der Waals surface area contributed by atoms with Crippen LogP contribution in [0.3, 0.4) is 0 Å². The zero-order chi connectivity index (χ0) is 20.2. The lowest BCUT2D eigenvalue weighted by molar-refractivity contribution is -0.122. The Balaban J connectivity index is 2.10. The summed E-state index contributed by atoms with van der Waals surface area (Å²) in [6.07, 6.45) is 0.908. The van der Waals surface area contributed by atoms with Crippen LogP contribution in [0, 0.1) is 6.92 Å². The average molecular weight is 411 g/mol. The second-order valence-electron chi connectivity index (χ2n) is 6.14. The molecular weight excluding hydrogens is 388 g/mol. The molecule has 0 aliphatic carbocycles. The molecule has 0 fully saturated rings. The average Bonchev–Trinajstić information content (AvgIpc) is 2.62. The third kappa shape index (κ3) is 5.37. The second kappa shape index (κ2) is 8.63. The van der Waals surface area contributed by atoms with Crippen molar-refractivity contribution in [3.63, 3.8) is 0 Å². The van der Waals surface area contributed by atoms with Crippen LogP contribution in [0.4, 0.5) is 11.4 Å². The number of nitrogens with zero attached hydrogens (tertiary/aromatic N) is 1. The van der Waals surface area contributed by atoms with Crippen molar-refractivity contribution >= 4 is 38.9 Å². The molecule has 0 radical (unpaired) electrons. The molecule has 1 atom stereocenters. The highest BCUT2D eigenvalue weighted by Crippen LogP contribution is 2.24. The van der Waals surface area contributed by atoms with E-state index in [1.54, 1.807) is 42.5 Å². The number of amides is 1. The monoisotopic (exact) mass is 410 g/mol. The fourth-order valence-electron chi connectivity index (χ4n) is 2.37. The molecule has 0 aliphatic rings. The molecule has 0 aromatic heterocycles. The van der Waals surface area contributed by atoms with Crippen molar-refractivity contribution in [2.45, 2.75) is 26.4 Å². The summed E-state index contributed by atoms with van der Waals surface area (Å²) in [5.74, 6) is 0.200. The fourth-order valence-corrected chi connectivity index (χ4v) is 3.05.